The zero-order chi connectivity index (χ0) is 17.0. The van der Waals surface area contributed by atoms with Gasteiger partial charge in [0, 0.05) is 5.92 Å². The van der Waals surface area contributed by atoms with Crippen LogP contribution in [0, 0.1) is 11.6 Å². The van der Waals surface area contributed by atoms with Crippen molar-refractivity contribution in [2.45, 2.75) is 31.9 Å². The van der Waals surface area contributed by atoms with E-state index in [-0.39, 0.29) is 17.6 Å². The molecule has 3 nitrogen and oxygen atoms in total. The molecule has 0 radical (unpaired) electrons. The van der Waals surface area contributed by atoms with Crippen LogP contribution < -0.4 is 5.73 Å². The second-order valence-corrected chi connectivity index (χ2v) is 5.51. The first kappa shape index (κ1) is 17.1. The van der Waals surface area contributed by atoms with Gasteiger partial charge in [-0.15, -0.1) is 0 Å². The standard InChI is InChI=1S/C18H19F2NO2/c1-11(21)18(22)23-12(2)17(13-3-7-15(19)8-4-13)14-5-9-16(20)10-6-14/h3-12,17H,21H2,1-2H3. The molecule has 2 aromatic rings. The normalized spacial score (nSPS) is 13.7. The molecular formula is C18H19F2NO2. The molecule has 2 atom stereocenters. The van der Waals surface area contributed by atoms with Crippen LogP contribution in [0.15, 0.2) is 48.5 Å². The molecule has 0 bridgehead atoms. The first-order valence-corrected chi connectivity index (χ1v) is 7.35. The second-order valence-electron chi connectivity index (χ2n) is 5.51. The zero-order valence-electron chi connectivity index (χ0n) is 13.0. The molecule has 0 aromatic heterocycles. The van der Waals surface area contributed by atoms with Crippen LogP contribution in [0.5, 0.6) is 0 Å². The molecular weight excluding hydrogens is 300 g/mol. The van der Waals surface area contributed by atoms with Gasteiger partial charge in [0.1, 0.15) is 23.8 Å². The van der Waals surface area contributed by atoms with Crippen molar-refractivity contribution >= 4 is 5.97 Å². The summed E-state index contributed by atoms with van der Waals surface area (Å²) in [4.78, 5) is 11.8. The molecule has 2 rings (SSSR count). The number of carbonyl (C=O) groups is 1. The first-order valence-electron chi connectivity index (χ1n) is 7.35. The van der Waals surface area contributed by atoms with Crippen LogP contribution in [0.2, 0.25) is 0 Å². The highest BCUT2D eigenvalue weighted by Crippen LogP contribution is 2.30. The molecule has 0 spiro atoms. The Hall–Kier alpha value is -2.27. The number of benzene rings is 2. The minimum atomic E-state index is -0.737. The maximum atomic E-state index is 13.2. The lowest BCUT2D eigenvalue weighted by molar-refractivity contribution is -0.149. The monoisotopic (exact) mass is 319 g/mol. The Morgan fingerprint density at radius 2 is 1.30 bits per heavy atom. The predicted molar refractivity (Wildman–Crippen MR) is 83.8 cm³/mol. The summed E-state index contributed by atoms with van der Waals surface area (Å²) in [5.74, 6) is -1.58. The van der Waals surface area contributed by atoms with Gasteiger partial charge in [0.2, 0.25) is 0 Å². The molecule has 0 aliphatic heterocycles. The van der Waals surface area contributed by atoms with Crippen molar-refractivity contribution in [2.75, 3.05) is 0 Å². The fourth-order valence-corrected chi connectivity index (χ4v) is 2.43. The molecule has 122 valence electrons. The summed E-state index contributed by atoms with van der Waals surface area (Å²) in [6.45, 7) is 3.28. The summed E-state index contributed by atoms with van der Waals surface area (Å²) in [6, 6.07) is 11.1. The van der Waals surface area contributed by atoms with Crippen LogP contribution in [0.3, 0.4) is 0 Å². The first-order chi connectivity index (χ1) is 10.9. The van der Waals surface area contributed by atoms with Crippen LogP contribution in [0.25, 0.3) is 0 Å². The molecule has 0 fully saturated rings. The second kappa shape index (κ2) is 7.33. The Morgan fingerprint density at radius 3 is 1.65 bits per heavy atom. The van der Waals surface area contributed by atoms with E-state index >= 15 is 0 Å². The van der Waals surface area contributed by atoms with Crippen molar-refractivity contribution in [3.05, 3.63) is 71.3 Å². The van der Waals surface area contributed by atoms with Gasteiger partial charge in [-0.05, 0) is 49.2 Å². The molecule has 0 saturated heterocycles. The van der Waals surface area contributed by atoms with E-state index < -0.39 is 18.1 Å². The lowest BCUT2D eigenvalue weighted by Crippen LogP contribution is -2.33. The van der Waals surface area contributed by atoms with E-state index in [0.29, 0.717) is 0 Å². The summed E-state index contributed by atoms with van der Waals surface area (Å²) in [6.07, 6.45) is -0.538. The molecule has 0 amide bonds. The molecule has 5 heteroatoms. The summed E-state index contributed by atoms with van der Waals surface area (Å²) in [5.41, 5.74) is 7.06. The predicted octanol–water partition coefficient (Wildman–Crippen LogP) is 3.38. The molecule has 0 aliphatic carbocycles. The van der Waals surface area contributed by atoms with E-state index in [9.17, 15) is 13.6 Å². The molecule has 2 aromatic carbocycles. The smallest absolute Gasteiger partial charge is 0.322 e. The molecule has 2 unspecified atom stereocenters. The third-order valence-electron chi connectivity index (χ3n) is 3.60. The summed E-state index contributed by atoms with van der Waals surface area (Å²) in [5, 5.41) is 0. The van der Waals surface area contributed by atoms with Crippen LogP contribution in [-0.2, 0) is 9.53 Å². The van der Waals surface area contributed by atoms with Gasteiger partial charge in [-0.25, -0.2) is 8.78 Å². The van der Waals surface area contributed by atoms with E-state index in [0.717, 1.165) is 11.1 Å². The van der Waals surface area contributed by atoms with Crippen LogP contribution >= 0.6 is 0 Å². The topological polar surface area (TPSA) is 52.3 Å². The van der Waals surface area contributed by atoms with Gasteiger partial charge in [-0.2, -0.15) is 0 Å². The van der Waals surface area contributed by atoms with Crippen molar-refractivity contribution < 1.29 is 18.3 Å². The number of esters is 1. The Labute approximate surface area is 134 Å². The van der Waals surface area contributed by atoms with Crippen molar-refractivity contribution in [2.24, 2.45) is 5.73 Å². The molecule has 0 heterocycles. The number of ether oxygens (including phenoxy) is 1. The van der Waals surface area contributed by atoms with Gasteiger partial charge in [0.05, 0.1) is 0 Å². The highest BCUT2D eigenvalue weighted by molar-refractivity contribution is 5.75. The molecule has 0 aliphatic rings. The van der Waals surface area contributed by atoms with Gasteiger partial charge in [-0.1, -0.05) is 24.3 Å². The fraction of sp³-hybridized carbons (Fsp3) is 0.278. The van der Waals surface area contributed by atoms with Gasteiger partial charge < -0.3 is 10.5 Å². The van der Waals surface area contributed by atoms with Crippen molar-refractivity contribution in [1.82, 2.24) is 0 Å². The van der Waals surface area contributed by atoms with Crippen LogP contribution in [0.1, 0.15) is 30.9 Å². The van der Waals surface area contributed by atoms with E-state index in [1.165, 1.54) is 24.3 Å². The highest BCUT2D eigenvalue weighted by atomic mass is 19.1. The highest BCUT2D eigenvalue weighted by Gasteiger charge is 2.26. The lowest BCUT2D eigenvalue weighted by Gasteiger charge is -2.26. The maximum Gasteiger partial charge on any atom is 0.322 e. The van der Waals surface area contributed by atoms with Crippen LogP contribution in [-0.4, -0.2) is 18.1 Å². The number of halogens is 2. The van der Waals surface area contributed by atoms with Crippen molar-refractivity contribution in [3.8, 4) is 0 Å². The van der Waals surface area contributed by atoms with Crippen molar-refractivity contribution in [1.29, 1.82) is 0 Å². The van der Waals surface area contributed by atoms with E-state index in [2.05, 4.69) is 0 Å². The molecule has 0 saturated carbocycles. The third kappa shape index (κ3) is 4.36. The lowest BCUT2D eigenvalue weighted by atomic mass is 9.87. The number of hydrogen-bond donors (Lipinski definition) is 1. The number of hydrogen-bond acceptors (Lipinski definition) is 3. The minimum absolute atomic E-state index is 0.348. The molecule has 2 N–H and O–H groups in total. The SMILES string of the molecule is CC(N)C(=O)OC(C)C(c1ccc(F)cc1)c1ccc(F)cc1. The van der Waals surface area contributed by atoms with E-state index in [1.807, 2.05) is 0 Å². The van der Waals surface area contributed by atoms with Gasteiger partial charge in [0.15, 0.2) is 0 Å². The summed E-state index contributed by atoms with van der Waals surface area (Å²) >= 11 is 0. The van der Waals surface area contributed by atoms with E-state index in [1.54, 1.807) is 38.1 Å². The Bertz CT molecular complexity index is 608. The zero-order valence-corrected chi connectivity index (χ0v) is 13.0. The van der Waals surface area contributed by atoms with Crippen molar-refractivity contribution in [3.63, 3.8) is 0 Å². The largest absolute Gasteiger partial charge is 0.461 e. The Morgan fingerprint density at radius 1 is 0.913 bits per heavy atom. The number of carbonyl (C=O) groups excluding carboxylic acids is 1. The molecule has 23 heavy (non-hydrogen) atoms. The number of rotatable bonds is 5. The van der Waals surface area contributed by atoms with Crippen LogP contribution in [0.4, 0.5) is 8.78 Å². The maximum absolute atomic E-state index is 13.2. The average molecular weight is 319 g/mol. The van der Waals surface area contributed by atoms with Gasteiger partial charge in [0.25, 0.3) is 0 Å². The van der Waals surface area contributed by atoms with Gasteiger partial charge >= 0.3 is 5.97 Å². The minimum Gasteiger partial charge on any atom is -0.461 e. The Kier molecular flexibility index (Phi) is 5.45. The van der Waals surface area contributed by atoms with Gasteiger partial charge in [-0.3, -0.25) is 4.79 Å². The average Bonchev–Trinajstić information content (AvgIpc) is 2.51. The van der Waals surface area contributed by atoms with E-state index in [4.69, 9.17) is 10.5 Å². The number of nitrogens with two attached hydrogens (primary N) is 1. The quantitative estimate of drug-likeness (QED) is 0.860. The summed E-state index contributed by atoms with van der Waals surface area (Å²) in [7, 11) is 0. The fourth-order valence-electron chi connectivity index (χ4n) is 2.43. The summed E-state index contributed by atoms with van der Waals surface area (Å²) < 4.78 is 31.7. The Balaban J connectivity index is 2.36. The third-order valence-corrected chi connectivity index (χ3v) is 3.60.